The molecule has 1 amide bonds. The average Bonchev–Trinajstić information content (AvgIpc) is 4.01. The van der Waals surface area contributed by atoms with Gasteiger partial charge in [-0.15, -0.1) is 0 Å². The van der Waals surface area contributed by atoms with Crippen LogP contribution in [-0.2, 0) is 59.7 Å². The second kappa shape index (κ2) is 17.7. The van der Waals surface area contributed by atoms with Gasteiger partial charge in [0, 0.05) is 11.5 Å². The lowest BCUT2D eigenvalue weighted by molar-refractivity contribution is -0.118. The predicted octanol–water partition coefficient (Wildman–Crippen LogP) is 3.52. The molecule has 10 atom stereocenters. The number of phosphoric ester groups is 1. The maximum absolute atomic E-state index is 16.8. The Morgan fingerprint density at radius 1 is 1.00 bits per heavy atom. The predicted molar refractivity (Wildman–Crippen MR) is 211 cm³/mol. The molecule has 5 aromatic rings. The first-order chi connectivity index (χ1) is 29.6. The fraction of sp³-hybridized carbons (Fsp3) is 0.457. The second-order valence-corrected chi connectivity index (χ2v) is 18.8. The van der Waals surface area contributed by atoms with Gasteiger partial charge < -0.3 is 18.9 Å². The Balaban J connectivity index is 1.10. The van der Waals surface area contributed by atoms with Crippen LogP contribution in [0.25, 0.3) is 22.3 Å². The number of benzene rings is 1. The van der Waals surface area contributed by atoms with Crippen LogP contribution in [0.4, 0.5) is 14.7 Å². The fourth-order valence-corrected chi connectivity index (χ4v) is 9.63. The van der Waals surface area contributed by atoms with Gasteiger partial charge in [0.15, 0.2) is 47.4 Å². The molecule has 0 aliphatic carbocycles. The van der Waals surface area contributed by atoms with Crippen molar-refractivity contribution in [2.75, 3.05) is 25.1 Å². The minimum atomic E-state index is -4.96. The zero-order valence-corrected chi connectivity index (χ0v) is 35.0. The number of carbonyl (C=O) groups excluding carboxylic acids is 2. The van der Waals surface area contributed by atoms with Crippen LogP contribution < -0.4 is 10.9 Å². The number of nitriles is 1. The summed E-state index contributed by atoms with van der Waals surface area (Å²) in [6.45, 7) is -3.54. The van der Waals surface area contributed by atoms with Crippen molar-refractivity contribution in [1.29, 1.82) is 5.26 Å². The van der Waals surface area contributed by atoms with E-state index in [-0.39, 0.29) is 52.6 Å². The number of halogens is 2. The number of alkyl halides is 2. The van der Waals surface area contributed by atoms with Crippen LogP contribution in [0.5, 0.6) is 0 Å². The van der Waals surface area contributed by atoms with Crippen LogP contribution in [0.2, 0.25) is 0 Å². The fourth-order valence-electron chi connectivity index (χ4n) is 6.84. The summed E-state index contributed by atoms with van der Waals surface area (Å²) in [5, 5.41) is 11.6. The number of rotatable bonds is 10. The second-order valence-electron chi connectivity index (χ2n) is 14.4. The summed E-state index contributed by atoms with van der Waals surface area (Å²) in [6, 6.07) is 10.3. The molecule has 2 unspecified atom stereocenters. The number of fused-ring (bicyclic) bond motifs is 5. The Labute approximate surface area is 353 Å². The molecule has 3 fully saturated rings. The van der Waals surface area contributed by atoms with Crippen LogP contribution in [0.1, 0.15) is 48.8 Å². The van der Waals surface area contributed by atoms with E-state index in [0.717, 1.165) is 10.9 Å². The van der Waals surface area contributed by atoms with Gasteiger partial charge in [0.1, 0.15) is 36.3 Å². The number of amides is 1. The van der Waals surface area contributed by atoms with Gasteiger partial charge in [-0.2, -0.15) is 10.2 Å². The van der Waals surface area contributed by atoms with Gasteiger partial charge in [-0.3, -0.25) is 51.9 Å². The molecule has 0 radical (unpaired) electrons. The quantitative estimate of drug-likeness (QED) is 0.103. The molecule has 22 nitrogen and oxygen atoms in total. The minimum absolute atomic E-state index is 0.0604. The number of hydrogen-bond acceptors (Lipinski definition) is 18. The van der Waals surface area contributed by atoms with Gasteiger partial charge >= 0.3 is 14.5 Å². The third kappa shape index (κ3) is 8.86. The highest BCUT2D eigenvalue weighted by atomic mass is 32.5. The third-order valence-corrected chi connectivity index (χ3v) is 12.9. The Kier molecular flexibility index (Phi) is 12.5. The molecule has 328 valence electrons. The summed E-state index contributed by atoms with van der Waals surface area (Å²) in [5.41, 5.74) is -0.308. The molecule has 4 aromatic heterocycles. The molecule has 1 aromatic carbocycles. The normalized spacial score (nSPS) is 30.3. The van der Waals surface area contributed by atoms with Crippen molar-refractivity contribution in [3.05, 3.63) is 70.9 Å². The number of carbonyl (C=O) groups is 2. The molecule has 8 rings (SSSR count). The highest BCUT2D eigenvalue weighted by molar-refractivity contribution is 8.07. The van der Waals surface area contributed by atoms with Crippen LogP contribution in [0, 0.1) is 17.2 Å². The van der Waals surface area contributed by atoms with Gasteiger partial charge in [0.25, 0.3) is 5.56 Å². The zero-order valence-electron chi connectivity index (χ0n) is 32.4. The van der Waals surface area contributed by atoms with E-state index >= 15 is 8.78 Å². The van der Waals surface area contributed by atoms with Gasteiger partial charge in [-0.25, -0.2) is 33.3 Å². The van der Waals surface area contributed by atoms with Crippen molar-refractivity contribution in [2.45, 2.75) is 75.9 Å². The van der Waals surface area contributed by atoms with E-state index in [9.17, 15) is 23.8 Å². The van der Waals surface area contributed by atoms with Crippen molar-refractivity contribution >= 4 is 66.3 Å². The van der Waals surface area contributed by atoms with E-state index in [0.29, 0.717) is 5.56 Å². The van der Waals surface area contributed by atoms with Gasteiger partial charge in [-0.05, 0) is 11.8 Å². The van der Waals surface area contributed by atoms with E-state index in [2.05, 4.69) is 35.2 Å². The topological polar surface area (TPSA) is 279 Å². The minimum Gasteiger partial charge on any atom is -0.346 e. The number of Topliss-reactive ketones (excluding diaryl/α,β-unsaturated/α-hetero) is 1. The first kappa shape index (κ1) is 43.8. The van der Waals surface area contributed by atoms with Gasteiger partial charge in [0.05, 0.1) is 57.1 Å². The Hall–Kier alpha value is -4.83. The molecule has 0 spiro atoms. The van der Waals surface area contributed by atoms with Gasteiger partial charge in [-0.1, -0.05) is 44.2 Å². The summed E-state index contributed by atoms with van der Waals surface area (Å²) in [5.74, 6) is -1.48. The molecule has 3 saturated heterocycles. The highest BCUT2D eigenvalue weighted by Gasteiger charge is 2.55. The lowest BCUT2D eigenvalue weighted by atomic mass is 10.1. The van der Waals surface area contributed by atoms with Crippen molar-refractivity contribution < 1.29 is 59.9 Å². The number of imidazole rings is 2. The molecule has 3 aliphatic heterocycles. The number of hydrogen-bond donors (Lipinski definition) is 3. The molecule has 0 saturated carbocycles. The molecular formula is C35H36F2N10O12P2S. The summed E-state index contributed by atoms with van der Waals surface area (Å²) in [6.07, 6.45) is -11.7. The maximum atomic E-state index is 16.8. The van der Waals surface area contributed by atoms with E-state index in [4.69, 9.17) is 49.2 Å². The van der Waals surface area contributed by atoms with Crippen LogP contribution in [0.15, 0.2) is 54.1 Å². The van der Waals surface area contributed by atoms with Crippen molar-refractivity contribution in [3.8, 4) is 6.07 Å². The summed E-state index contributed by atoms with van der Waals surface area (Å²) >= 11 is 5.29. The zero-order chi connectivity index (χ0) is 43.9. The first-order valence-corrected chi connectivity index (χ1v) is 22.9. The van der Waals surface area contributed by atoms with Gasteiger partial charge in [0.2, 0.25) is 11.9 Å². The first-order valence-electron chi connectivity index (χ1n) is 18.9. The number of nitrogens with one attached hydrogen (secondary N) is 2. The lowest BCUT2D eigenvalue weighted by Gasteiger charge is -2.27. The van der Waals surface area contributed by atoms with Crippen molar-refractivity contribution in [3.63, 3.8) is 0 Å². The monoisotopic (exact) mass is 920 g/mol. The number of anilines is 1. The number of ether oxygens (including phenoxy) is 2. The summed E-state index contributed by atoms with van der Waals surface area (Å²) in [7, 11) is -4.96. The maximum Gasteiger partial charge on any atom is 0.475 e. The van der Waals surface area contributed by atoms with Crippen LogP contribution in [0.3, 0.4) is 0 Å². The molecule has 3 N–H and O–H groups in total. The highest BCUT2D eigenvalue weighted by Crippen LogP contribution is 2.57. The Morgan fingerprint density at radius 2 is 1.71 bits per heavy atom. The van der Waals surface area contributed by atoms with E-state index in [1.54, 1.807) is 44.2 Å². The van der Waals surface area contributed by atoms with E-state index in [1.165, 1.54) is 17.2 Å². The Bertz CT molecular complexity index is 2700. The van der Waals surface area contributed by atoms with Crippen LogP contribution >= 0.6 is 14.5 Å². The van der Waals surface area contributed by atoms with Crippen LogP contribution in [-0.4, -0.2) is 112 Å². The smallest absolute Gasteiger partial charge is 0.346 e. The lowest BCUT2D eigenvalue weighted by Crippen LogP contribution is -2.34. The SMILES string of the molecule is CC(C)C(=O)Nc1nc2c(ncn2[C@@H]2O[C@@H]3COP(=O)(OCCC#N)O[C@H]4[C@@H](F)[C@H](n5cnc6c(CC(=O)c7ccccc7)ncnc65)O[C@@H]4COP(O)(=S)O[C@@H]2[C@@H]3F)c(=O)[nH]1. The Morgan fingerprint density at radius 3 is 2.45 bits per heavy atom. The standard InChI is InChI=1S/C35H36F2N10O12P2S/c1-17(2)31(49)44-35-43-30-26(32(50)45-35)42-16-47(30)34-28-23(36)21(56-34)12-54-60(51,53-10-6-9-38)58-27-22(13-55-61(52,62)59-28)57-33(24(27)37)46-15-41-25-19(39-14-40-29(25)46)11-20(48)18-7-4-3-5-8-18/h3-5,7-8,14-17,21-24,27-28,33-34H,6,10-13H2,1-2H3,(H,52,62)(H2,43,44,45,49,50)/t21-,22-,23-,24-,27-,28-,33-,34-,60?,61?/m1/s1. The number of nitrogens with zero attached hydrogens (tertiary/aromatic N) is 8. The molecule has 3 aliphatic rings. The number of aromatic nitrogens is 8. The number of phosphoric acid groups is 1. The molecule has 27 heteroatoms. The third-order valence-electron chi connectivity index (χ3n) is 9.90. The molecule has 2 bridgehead atoms. The van der Waals surface area contributed by atoms with E-state index < -0.39 is 101 Å². The largest absolute Gasteiger partial charge is 0.475 e. The number of H-pyrrole nitrogens is 1. The summed E-state index contributed by atoms with van der Waals surface area (Å²) in [4.78, 5) is 73.3. The molecule has 62 heavy (non-hydrogen) atoms. The summed E-state index contributed by atoms with van der Waals surface area (Å²) < 4.78 is 89.9. The number of ketones is 1. The molecule has 7 heterocycles. The van der Waals surface area contributed by atoms with E-state index in [1.807, 2.05) is 6.07 Å². The number of aromatic amines is 1. The average molecular weight is 921 g/mol. The molecular weight excluding hydrogens is 884 g/mol. The van der Waals surface area contributed by atoms with Crippen molar-refractivity contribution in [2.24, 2.45) is 5.92 Å². The van der Waals surface area contributed by atoms with Crippen molar-refractivity contribution in [1.82, 2.24) is 39.0 Å².